The van der Waals surface area contributed by atoms with E-state index < -0.39 is 0 Å². The molecule has 0 amide bonds. The van der Waals surface area contributed by atoms with E-state index in [1.165, 1.54) is 38.9 Å². The van der Waals surface area contributed by atoms with Crippen molar-refractivity contribution >= 4 is 13.3 Å². The molecule has 8 rings (SSSR count). The van der Waals surface area contributed by atoms with Gasteiger partial charge in [0.1, 0.15) is 7.85 Å². The molecule has 0 saturated carbocycles. The molecule has 0 atom stereocenters. The van der Waals surface area contributed by atoms with Gasteiger partial charge in [-0.1, -0.05) is 133 Å². The maximum Gasteiger partial charge on any atom is 0.113 e. The normalized spacial score (nSPS) is 11.9. The molecule has 1 aliphatic carbocycles. The lowest BCUT2D eigenvalue weighted by molar-refractivity contribution is 0.828. The first kappa shape index (κ1) is 28.5. The van der Waals surface area contributed by atoms with Gasteiger partial charge in [0.15, 0.2) is 0 Å². The van der Waals surface area contributed by atoms with E-state index in [1.54, 1.807) is 0 Å². The molecule has 1 aliphatic rings. The summed E-state index contributed by atoms with van der Waals surface area (Å²) >= 11 is 0. The molecule has 0 aliphatic heterocycles. The van der Waals surface area contributed by atoms with Crippen LogP contribution in [0.1, 0.15) is 28.2 Å². The smallest absolute Gasteiger partial charge is 0.113 e. The molecular weight excluding hydrogens is 567 g/mol. The lowest BCUT2D eigenvalue weighted by Gasteiger charge is -2.16. The molecule has 7 aromatic rings. The van der Waals surface area contributed by atoms with Crippen LogP contribution in [0, 0.1) is 11.3 Å². The highest BCUT2D eigenvalue weighted by molar-refractivity contribution is 6.32. The Morgan fingerprint density at radius 2 is 1.04 bits per heavy atom. The second-order valence-electron chi connectivity index (χ2n) is 12.2. The van der Waals surface area contributed by atoms with Crippen LogP contribution in [0.2, 0.25) is 0 Å². The van der Waals surface area contributed by atoms with Crippen LogP contribution >= 0.6 is 0 Å². The number of hydrogen-bond acceptors (Lipinski definition) is 2. The van der Waals surface area contributed by atoms with Gasteiger partial charge in [0, 0.05) is 11.5 Å². The molecule has 0 spiro atoms. The fraction of sp³-hybridized carbons (Fsp3) is 0.0455. The molecule has 0 unspecified atom stereocenters. The van der Waals surface area contributed by atoms with Gasteiger partial charge >= 0.3 is 0 Å². The fourth-order valence-electron chi connectivity index (χ4n) is 6.89. The fourth-order valence-corrected chi connectivity index (χ4v) is 6.89. The van der Waals surface area contributed by atoms with E-state index in [9.17, 15) is 5.26 Å². The largest absolute Gasteiger partial charge is 0.248 e. The van der Waals surface area contributed by atoms with Crippen LogP contribution in [-0.4, -0.2) is 12.8 Å². The van der Waals surface area contributed by atoms with Crippen LogP contribution in [0.25, 0.3) is 55.9 Å². The molecular formula is C44H29BN2. The monoisotopic (exact) mass is 596 g/mol. The van der Waals surface area contributed by atoms with Crippen molar-refractivity contribution in [3.63, 3.8) is 0 Å². The van der Waals surface area contributed by atoms with Crippen molar-refractivity contribution < 1.29 is 0 Å². The minimum Gasteiger partial charge on any atom is -0.248 e. The number of nitrogens with zero attached hydrogens (tertiary/aromatic N) is 2. The second kappa shape index (κ2) is 12.1. The van der Waals surface area contributed by atoms with Crippen LogP contribution in [-0.2, 0) is 6.42 Å². The maximum absolute atomic E-state index is 9.37. The standard InChI is InChI=1S/C44H29BN2/c45-37-23-30(24-42-40-12-6-4-10-38(40)39-11-5-7-13-41(39)42)22-36(25-37)44-27-35(26-43(47-44)34-16-14-29(28-46)15-17-34)33-20-18-32(19-21-33)31-8-2-1-3-9-31/h1-23,25-27,42H,24H2. The summed E-state index contributed by atoms with van der Waals surface area (Å²) in [6, 6.07) is 57.0. The Morgan fingerprint density at radius 3 is 1.68 bits per heavy atom. The molecule has 218 valence electrons. The highest BCUT2D eigenvalue weighted by Crippen LogP contribution is 2.46. The third kappa shape index (κ3) is 5.56. The zero-order valence-corrected chi connectivity index (χ0v) is 25.8. The number of fused-ring (bicyclic) bond motifs is 3. The maximum atomic E-state index is 9.37. The summed E-state index contributed by atoms with van der Waals surface area (Å²) in [6.07, 6.45) is 0.842. The summed E-state index contributed by atoms with van der Waals surface area (Å²) < 4.78 is 0. The van der Waals surface area contributed by atoms with E-state index in [2.05, 4.69) is 127 Å². The minimum absolute atomic E-state index is 0.258. The van der Waals surface area contributed by atoms with Crippen LogP contribution in [0.4, 0.5) is 0 Å². The van der Waals surface area contributed by atoms with Gasteiger partial charge in [-0.3, -0.25) is 0 Å². The van der Waals surface area contributed by atoms with Crippen LogP contribution < -0.4 is 5.46 Å². The van der Waals surface area contributed by atoms with Gasteiger partial charge in [-0.15, -0.1) is 0 Å². The predicted molar refractivity (Wildman–Crippen MR) is 194 cm³/mol. The lowest BCUT2D eigenvalue weighted by atomic mass is 9.85. The summed E-state index contributed by atoms with van der Waals surface area (Å²) in [7, 11) is 6.60. The first-order valence-electron chi connectivity index (χ1n) is 15.9. The summed E-state index contributed by atoms with van der Waals surface area (Å²) in [5.74, 6) is 0.258. The van der Waals surface area contributed by atoms with Crippen LogP contribution in [0.15, 0.2) is 158 Å². The number of nitriles is 1. The third-order valence-corrected chi connectivity index (χ3v) is 9.17. The Labute approximate surface area is 277 Å². The first-order chi connectivity index (χ1) is 23.1. The Balaban J connectivity index is 1.21. The zero-order chi connectivity index (χ0) is 31.7. The number of hydrogen-bond donors (Lipinski definition) is 0. The van der Waals surface area contributed by atoms with Gasteiger partial charge in [-0.25, -0.2) is 4.98 Å². The van der Waals surface area contributed by atoms with Crippen molar-refractivity contribution in [3.8, 4) is 62.0 Å². The van der Waals surface area contributed by atoms with Crippen molar-refractivity contribution in [3.05, 3.63) is 180 Å². The van der Waals surface area contributed by atoms with E-state index in [4.69, 9.17) is 12.8 Å². The Hall–Kier alpha value is -5.98. The van der Waals surface area contributed by atoms with Crippen molar-refractivity contribution in [1.82, 2.24) is 4.98 Å². The molecule has 0 saturated heterocycles. The van der Waals surface area contributed by atoms with E-state index in [0.717, 1.165) is 45.5 Å². The highest BCUT2D eigenvalue weighted by atomic mass is 14.7. The minimum atomic E-state index is 0.258. The van der Waals surface area contributed by atoms with Gasteiger partial charge in [0.25, 0.3) is 0 Å². The van der Waals surface area contributed by atoms with Gasteiger partial charge in [-0.2, -0.15) is 5.26 Å². The van der Waals surface area contributed by atoms with Gasteiger partial charge < -0.3 is 0 Å². The first-order valence-corrected chi connectivity index (χ1v) is 15.9. The molecule has 0 bridgehead atoms. The second-order valence-corrected chi connectivity index (χ2v) is 12.2. The quantitative estimate of drug-likeness (QED) is 0.179. The number of aromatic nitrogens is 1. The molecule has 2 radical (unpaired) electrons. The van der Waals surface area contributed by atoms with Crippen LogP contribution in [0.3, 0.4) is 0 Å². The van der Waals surface area contributed by atoms with E-state index in [1.807, 2.05) is 36.4 Å². The predicted octanol–water partition coefficient (Wildman–Crippen LogP) is 9.77. The van der Waals surface area contributed by atoms with Crippen molar-refractivity contribution in [2.45, 2.75) is 12.3 Å². The number of pyridine rings is 1. The molecule has 0 fully saturated rings. The van der Waals surface area contributed by atoms with Crippen LogP contribution in [0.5, 0.6) is 0 Å². The molecule has 1 aromatic heterocycles. The van der Waals surface area contributed by atoms with Crippen molar-refractivity contribution in [1.29, 1.82) is 5.26 Å². The van der Waals surface area contributed by atoms with E-state index in [0.29, 0.717) is 5.56 Å². The van der Waals surface area contributed by atoms with Gasteiger partial charge in [0.2, 0.25) is 0 Å². The summed E-state index contributed by atoms with van der Waals surface area (Å²) in [4.78, 5) is 5.17. The summed E-state index contributed by atoms with van der Waals surface area (Å²) in [5, 5.41) is 9.37. The van der Waals surface area contributed by atoms with E-state index in [-0.39, 0.29) is 5.92 Å². The van der Waals surface area contributed by atoms with Gasteiger partial charge in [0.05, 0.1) is 23.0 Å². The average molecular weight is 597 g/mol. The Bertz CT molecular complexity index is 2240. The highest BCUT2D eigenvalue weighted by Gasteiger charge is 2.28. The zero-order valence-electron chi connectivity index (χ0n) is 25.8. The van der Waals surface area contributed by atoms with Crippen molar-refractivity contribution in [2.75, 3.05) is 0 Å². The number of rotatable bonds is 6. The lowest BCUT2D eigenvalue weighted by Crippen LogP contribution is -2.08. The number of benzene rings is 6. The Kier molecular flexibility index (Phi) is 7.33. The third-order valence-electron chi connectivity index (χ3n) is 9.17. The molecule has 3 heteroatoms. The van der Waals surface area contributed by atoms with Crippen molar-refractivity contribution in [2.24, 2.45) is 0 Å². The molecule has 6 aromatic carbocycles. The molecule has 47 heavy (non-hydrogen) atoms. The SMILES string of the molecule is [B]c1cc(CC2c3ccccc3-c3ccccc32)cc(-c2cc(-c3ccc(-c4ccccc4)cc3)cc(-c3ccc(C#N)cc3)n2)c1. The molecule has 2 nitrogen and oxygen atoms in total. The topological polar surface area (TPSA) is 36.7 Å². The summed E-state index contributed by atoms with van der Waals surface area (Å²) in [5.41, 5.74) is 16.0. The Morgan fingerprint density at radius 1 is 0.511 bits per heavy atom. The van der Waals surface area contributed by atoms with E-state index >= 15 is 0 Å². The van der Waals surface area contributed by atoms with Gasteiger partial charge in [-0.05, 0) is 92.4 Å². The summed E-state index contributed by atoms with van der Waals surface area (Å²) in [6.45, 7) is 0. The molecule has 0 N–H and O–H groups in total. The average Bonchev–Trinajstić information content (AvgIpc) is 3.45. The molecule has 1 heterocycles.